The van der Waals surface area contributed by atoms with Gasteiger partial charge in [0.15, 0.2) is 0 Å². The molecule has 0 radical (unpaired) electrons. The molecule has 0 saturated carbocycles. The molecule has 1 N–H and O–H groups in total. The van der Waals surface area contributed by atoms with Crippen LogP contribution in [0.25, 0.3) is 0 Å². The lowest BCUT2D eigenvalue weighted by Gasteiger charge is -2.06. The van der Waals surface area contributed by atoms with Crippen LogP contribution in [0.4, 0.5) is 0 Å². The standard InChI is InChI=1S/C9H10BrNO4S/c10-7-1-3-8(4-2-7)16(14,15)11-6-5-9(12)13/h1-4,11H,5-6H2,(H,12,13)/p-1. The molecule has 0 atom stereocenters. The highest BCUT2D eigenvalue weighted by atomic mass is 79.9. The molecule has 0 aliphatic heterocycles. The van der Waals surface area contributed by atoms with Gasteiger partial charge < -0.3 is 9.90 Å². The van der Waals surface area contributed by atoms with E-state index in [1.807, 2.05) is 0 Å². The summed E-state index contributed by atoms with van der Waals surface area (Å²) in [5.74, 6) is -1.29. The minimum absolute atomic E-state index is 0.0917. The molecule has 0 heterocycles. The number of benzene rings is 1. The minimum atomic E-state index is -3.63. The summed E-state index contributed by atoms with van der Waals surface area (Å²) in [5, 5.41) is 10.1. The van der Waals surface area contributed by atoms with Crippen LogP contribution in [-0.4, -0.2) is 20.9 Å². The van der Waals surface area contributed by atoms with Crippen LogP contribution in [0.1, 0.15) is 6.42 Å². The molecule has 16 heavy (non-hydrogen) atoms. The molecule has 88 valence electrons. The fraction of sp³-hybridized carbons (Fsp3) is 0.222. The van der Waals surface area contributed by atoms with E-state index < -0.39 is 16.0 Å². The molecule has 0 aliphatic carbocycles. The largest absolute Gasteiger partial charge is 0.550 e. The summed E-state index contributed by atoms with van der Waals surface area (Å²) in [4.78, 5) is 10.2. The number of hydrogen-bond donors (Lipinski definition) is 1. The molecule has 0 fully saturated rings. The monoisotopic (exact) mass is 306 g/mol. The van der Waals surface area contributed by atoms with Crippen molar-refractivity contribution in [3.8, 4) is 0 Å². The van der Waals surface area contributed by atoms with E-state index in [-0.39, 0.29) is 17.9 Å². The third-order valence-corrected chi connectivity index (χ3v) is 3.75. The van der Waals surface area contributed by atoms with Crippen molar-refractivity contribution in [2.75, 3.05) is 6.54 Å². The van der Waals surface area contributed by atoms with Crippen LogP contribution in [0.5, 0.6) is 0 Å². The van der Waals surface area contributed by atoms with Crippen molar-refractivity contribution in [3.05, 3.63) is 28.7 Å². The quantitative estimate of drug-likeness (QED) is 0.821. The fourth-order valence-corrected chi connectivity index (χ4v) is 2.28. The van der Waals surface area contributed by atoms with Crippen LogP contribution in [0.3, 0.4) is 0 Å². The molecule has 0 saturated heterocycles. The summed E-state index contributed by atoms with van der Waals surface area (Å²) in [6, 6.07) is 6.03. The van der Waals surface area contributed by atoms with Gasteiger partial charge in [0, 0.05) is 23.4 Å². The van der Waals surface area contributed by atoms with Crippen molar-refractivity contribution in [2.45, 2.75) is 11.3 Å². The third-order valence-electron chi connectivity index (χ3n) is 1.75. The average Bonchev–Trinajstić information content (AvgIpc) is 2.17. The van der Waals surface area contributed by atoms with Crippen molar-refractivity contribution in [1.29, 1.82) is 0 Å². The number of halogens is 1. The van der Waals surface area contributed by atoms with E-state index in [0.29, 0.717) is 0 Å². The highest BCUT2D eigenvalue weighted by molar-refractivity contribution is 9.10. The van der Waals surface area contributed by atoms with E-state index in [4.69, 9.17) is 0 Å². The fourth-order valence-electron chi connectivity index (χ4n) is 0.985. The molecule has 0 unspecified atom stereocenters. The molecule has 0 aromatic heterocycles. The summed E-state index contributed by atoms with van der Waals surface area (Å²) in [6.07, 6.45) is -0.351. The molecule has 1 aromatic rings. The van der Waals surface area contributed by atoms with Crippen LogP contribution < -0.4 is 9.83 Å². The van der Waals surface area contributed by atoms with Gasteiger partial charge in [0.25, 0.3) is 0 Å². The predicted octanol–water partition coefficient (Wildman–Crippen LogP) is -0.133. The molecular formula is C9H9BrNO4S-. The summed E-state index contributed by atoms with van der Waals surface area (Å²) in [7, 11) is -3.63. The van der Waals surface area contributed by atoms with Crippen LogP contribution in [-0.2, 0) is 14.8 Å². The van der Waals surface area contributed by atoms with E-state index >= 15 is 0 Å². The van der Waals surface area contributed by atoms with Gasteiger partial charge in [-0.2, -0.15) is 0 Å². The van der Waals surface area contributed by atoms with Crippen LogP contribution >= 0.6 is 15.9 Å². The van der Waals surface area contributed by atoms with Gasteiger partial charge in [-0.3, -0.25) is 0 Å². The number of carboxylic acids is 1. The highest BCUT2D eigenvalue weighted by Gasteiger charge is 2.12. The molecule has 1 aromatic carbocycles. The Kier molecular flexibility index (Phi) is 4.45. The van der Waals surface area contributed by atoms with Crippen LogP contribution in [0.15, 0.2) is 33.6 Å². The Hall–Kier alpha value is -0.920. The summed E-state index contributed by atoms with van der Waals surface area (Å²) >= 11 is 3.18. The first-order valence-corrected chi connectivity index (χ1v) is 6.64. The van der Waals surface area contributed by atoms with E-state index in [1.54, 1.807) is 12.1 Å². The number of rotatable bonds is 5. The van der Waals surface area contributed by atoms with Crippen molar-refractivity contribution in [1.82, 2.24) is 4.72 Å². The van der Waals surface area contributed by atoms with E-state index in [9.17, 15) is 18.3 Å². The van der Waals surface area contributed by atoms with Gasteiger partial charge in [0.2, 0.25) is 10.0 Å². The van der Waals surface area contributed by atoms with E-state index in [1.165, 1.54) is 12.1 Å². The highest BCUT2D eigenvalue weighted by Crippen LogP contribution is 2.14. The summed E-state index contributed by atoms with van der Waals surface area (Å²) in [6.45, 7) is -0.180. The van der Waals surface area contributed by atoms with Gasteiger partial charge in [-0.25, -0.2) is 13.1 Å². The molecule has 5 nitrogen and oxygen atoms in total. The zero-order chi connectivity index (χ0) is 12.2. The molecule has 0 spiro atoms. The number of sulfonamides is 1. The van der Waals surface area contributed by atoms with Gasteiger partial charge >= 0.3 is 0 Å². The summed E-state index contributed by atoms with van der Waals surface area (Å²) < 4.78 is 26.1. The van der Waals surface area contributed by atoms with Gasteiger partial charge in [0.1, 0.15) is 0 Å². The maximum absolute atomic E-state index is 11.6. The Morgan fingerprint density at radius 3 is 2.38 bits per heavy atom. The van der Waals surface area contributed by atoms with E-state index in [0.717, 1.165) is 4.47 Å². The number of carbonyl (C=O) groups excluding carboxylic acids is 1. The molecule has 7 heteroatoms. The van der Waals surface area contributed by atoms with E-state index in [2.05, 4.69) is 20.7 Å². The number of carbonyl (C=O) groups is 1. The summed E-state index contributed by atoms with van der Waals surface area (Å²) in [5.41, 5.74) is 0. The topological polar surface area (TPSA) is 86.3 Å². The van der Waals surface area contributed by atoms with Gasteiger partial charge in [0.05, 0.1) is 4.90 Å². The van der Waals surface area contributed by atoms with Crippen molar-refractivity contribution in [3.63, 3.8) is 0 Å². The molecule has 0 aliphatic rings. The number of nitrogens with one attached hydrogen (secondary N) is 1. The number of hydrogen-bond acceptors (Lipinski definition) is 4. The number of carboxylic acid groups (broad SMARTS) is 1. The normalized spacial score (nSPS) is 11.3. The Labute approximate surface area is 102 Å². The van der Waals surface area contributed by atoms with Gasteiger partial charge in [-0.15, -0.1) is 0 Å². The lowest BCUT2D eigenvalue weighted by atomic mass is 10.4. The molecule has 1 rings (SSSR count). The zero-order valence-electron chi connectivity index (χ0n) is 8.14. The molecule has 0 amide bonds. The average molecular weight is 307 g/mol. The first kappa shape index (κ1) is 13.1. The van der Waals surface area contributed by atoms with Crippen LogP contribution in [0.2, 0.25) is 0 Å². The number of aliphatic carboxylic acids is 1. The van der Waals surface area contributed by atoms with Crippen molar-refractivity contribution < 1.29 is 18.3 Å². The Morgan fingerprint density at radius 2 is 1.88 bits per heavy atom. The first-order valence-electron chi connectivity index (χ1n) is 4.37. The maximum Gasteiger partial charge on any atom is 0.240 e. The lowest BCUT2D eigenvalue weighted by Crippen LogP contribution is -2.31. The Balaban J connectivity index is 2.71. The van der Waals surface area contributed by atoms with Crippen molar-refractivity contribution in [2.24, 2.45) is 0 Å². The second-order valence-corrected chi connectivity index (χ2v) is 5.66. The van der Waals surface area contributed by atoms with Gasteiger partial charge in [-0.05, 0) is 24.3 Å². The first-order chi connectivity index (χ1) is 7.42. The smallest absolute Gasteiger partial charge is 0.240 e. The minimum Gasteiger partial charge on any atom is -0.550 e. The lowest BCUT2D eigenvalue weighted by molar-refractivity contribution is -0.305. The molecular weight excluding hydrogens is 298 g/mol. The SMILES string of the molecule is O=C([O-])CCNS(=O)(=O)c1ccc(Br)cc1. The van der Waals surface area contributed by atoms with Crippen molar-refractivity contribution >= 4 is 31.9 Å². The predicted molar refractivity (Wildman–Crippen MR) is 59.0 cm³/mol. The Bertz CT molecular complexity index is 469. The van der Waals surface area contributed by atoms with Gasteiger partial charge in [-0.1, -0.05) is 15.9 Å². The second kappa shape index (κ2) is 5.42. The third kappa shape index (κ3) is 3.92. The maximum atomic E-state index is 11.6. The molecule has 0 bridgehead atoms. The Morgan fingerprint density at radius 1 is 1.31 bits per heavy atom. The second-order valence-electron chi connectivity index (χ2n) is 2.97. The van der Waals surface area contributed by atoms with Crippen LogP contribution in [0, 0.1) is 0 Å². The zero-order valence-corrected chi connectivity index (χ0v) is 10.5.